The number of hydrogen-bond donors (Lipinski definition) is 1. The SMILES string of the molecule is CC(C)N1CCc2cc([N+]3([C@H]4CCNC4)CCC[C@@H]3C)ccc2C1. The van der Waals surface area contributed by atoms with E-state index in [-0.39, 0.29) is 0 Å². The lowest BCUT2D eigenvalue weighted by Crippen LogP contribution is -2.59. The summed E-state index contributed by atoms with van der Waals surface area (Å²) in [5, 5.41) is 3.62. The lowest BCUT2D eigenvalue weighted by molar-refractivity contribution is 0.197. The molecule has 3 aliphatic heterocycles. The van der Waals surface area contributed by atoms with Crippen molar-refractivity contribution in [2.75, 3.05) is 26.2 Å². The Bertz CT molecular complexity index is 591. The predicted molar refractivity (Wildman–Crippen MR) is 102 cm³/mol. The number of fused-ring (bicyclic) bond motifs is 1. The van der Waals surface area contributed by atoms with E-state index in [1.807, 2.05) is 0 Å². The second kappa shape index (κ2) is 6.44. The third kappa shape index (κ3) is 2.61. The Morgan fingerprint density at radius 1 is 1.21 bits per heavy atom. The minimum Gasteiger partial charge on any atom is -0.311 e. The lowest BCUT2D eigenvalue weighted by Gasteiger charge is -2.44. The number of rotatable bonds is 3. The molecule has 2 fully saturated rings. The van der Waals surface area contributed by atoms with Gasteiger partial charge in [0, 0.05) is 57.5 Å². The summed E-state index contributed by atoms with van der Waals surface area (Å²) in [6.07, 6.45) is 5.33. The maximum atomic E-state index is 3.62. The van der Waals surface area contributed by atoms with Crippen LogP contribution in [-0.2, 0) is 13.0 Å². The van der Waals surface area contributed by atoms with E-state index in [1.165, 1.54) is 56.3 Å². The van der Waals surface area contributed by atoms with Gasteiger partial charge in [0.15, 0.2) is 0 Å². The number of quaternary nitrogens is 1. The zero-order chi connectivity index (χ0) is 16.7. The van der Waals surface area contributed by atoms with E-state index in [0.29, 0.717) is 6.04 Å². The van der Waals surface area contributed by atoms with Crippen molar-refractivity contribution in [2.45, 2.75) is 71.1 Å². The van der Waals surface area contributed by atoms with E-state index >= 15 is 0 Å². The molecule has 0 spiro atoms. The number of nitrogens with one attached hydrogen (secondary N) is 1. The van der Waals surface area contributed by atoms with Gasteiger partial charge in [-0.3, -0.25) is 9.38 Å². The molecule has 2 saturated heterocycles. The van der Waals surface area contributed by atoms with E-state index in [4.69, 9.17) is 0 Å². The van der Waals surface area contributed by atoms with E-state index in [2.05, 4.69) is 49.2 Å². The third-order valence-corrected chi connectivity index (χ3v) is 7.07. The Kier molecular flexibility index (Phi) is 4.44. The first-order valence-electron chi connectivity index (χ1n) is 10.1. The van der Waals surface area contributed by atoms with Gasteiger partial charge >= 0.3 is 0 Å². The Morgan fingerprint density at radius 2 is 2.08 bits per heavy atom. The van der Waals surface area contributed by atoms with Crippen molar-refractivity contribution in [1.82, 2.24) is 14.7 Å². The van der Waals surface area contributed by atoms with Gasteiger partial charge < -0.3 is 5.32 Å². The maximum Gasteiger partial charge on any atom is 0.133 e. The van der Waals surface area contributed by atoms with E-state index < -0.39 is 0 Å². The third-order valence-electron chi connectivity index (χ3n) is 7.07. The molecule has 0 bridgehead atoms. The highest BCUT2D eigenvalue weighted by Gasteiger charge is 2.48. The monoisotopic (exact) mass is 328 g/mol. The van der Waals surface area contributed by atoms with Gasteiger partial charge in [-0.25, -0.2) is 0 Å². The number of benzene rings is 1. The van der Waals surface area contributed by atoms with Crippen molar-refractivity contribution >= 4 is 5.69 Å². The summed E-state index contributed by atoms with van der Waals surface area (Å²) in [6.45, 7) is 13.2. The second-order valence-electron chi connectivity index (χ2n) is 8.56. The average molecular weight is 329 g/mol. The molecule has 3 nitrogen and oxygen atoms in total. The molecule has 24 heavy (non-hydrogen) atoms. The topological polar surface area (TPSA) is 15.3 Å². The lowest BCUT2D eigenvalue weighted by atomic mass is 9.96. The molecule has 1 unspecified atom stereocenters. The van der Waals surface area contributed by atoms with Crippen LogP contribution in [0.15, 0.2) is 18.2 Å². The molecule has 3 heteroatoms. The van der Waals surface area contributed by atoms with Crippen LogP contribution in [0.2, 0.25) is 0 Å². The minimum atomic E-state index is 0.652. The summed E-state index contributed by atoms with van der Waals surface area (Å²) in [6, 6.07) is 9.71. The van der Waals surface area contributed by atoms with Crippen LogP contribution < -0.4 is 9.80 Å². The Balaban J connectivity index is 1.68. The first-order chi connectivity index (χ1) is 11.6. The van der Waals surface area contributed by atoms with Gasteiger partial charge in [-0.2, -0.15) is 0 Å². The van der Waals surface area contributed by atoms with Gasteiger partial charge in [0.1, 0.15) is 11.7 Å². The van der Waals surface area contributed by atoms with Crippen LogP contribution in [0.3, 0.4) is 0 Å². The summed E-state index contributed by atoms with van der Waals surface area (Å²) in [5.74, 6) is 0. The van der Waals surface area contributed by atoms with Gasteiger partial charge in [0.2, 0.25) is 0 Å². The summed E-state index contributed by atoms with van der Waals surface area (Å²) in [4.78, 5) is 2.60. The molecule has 1 aromatic carbocycles. The summed E-state index contributed by atoms with van der Waals surface area (Å²) < 4.78 is 1.24. The normalized spacial score (nSPS) is 34.0. The highest BCUT2D eigenvalue weighted by atomic mass is 15.4. The van der Waals surface area contributed by atoms with E-state index in [9.17, 15) is 0 Å². The summed E-state index contributed by atoms with van der Waals surface area (Å²) in [7, 11) is 0. The first-order valence-corrected chi connectivity index (χ1v) is 10.1. The van der Waals surface area contributed by atoms with Crippen molar-refractivity contribution in [3.8, 4) is 0 Å². The molecule has 3 atom stereocenters. The molecule has 0 saturated carbocycles. The van der Waals surface area contributed by atoms with Crippen LogP contribution in [0.5, 0.6) is 0 Å². The minimum absolute atomic E-state index is 0.652. The van der Waals surface area contributed by atoms with Crippen LogP contribution >= 0.6 is 0 Å². The molecule has 1 aromatic rings. The average Bonchev–Trinajstić information content (AvgIpc) is 3.24. The van der Waals surface area contributed by atoms with Gasteiger partial charge in [-0.15, -0.1) is 0 Å². The molecule has 3 aliphatic rings. The number of likely N-dealkylation sites (tertiary alicyclic amines) is 1. The number of hydrogen-bond acceptors (Lipinski definition) is 2. The quantitative estimate of drug-likeness (QED) is 0.857. The molecule has 4 rings (SSSR count). The largest absolute Gasteiger partial charge is 0.311 e. The molecule has 0 aliphatic carbocycles. The van der Waals surface area contributed by atoms with Crippen LogP contribution in [0.1, 0.15) is 51.2 Å². The van der Waals surface area contributed by atoms with Crippen molar-refractivity contribution in [1.29, 1.82) is 0 Å². The highest BCUT2D eigenvalue weighted by molar-refractivity contribution is 5.51. The molecular weight excluding hydrogens is 294 g/mol. The summed E-state index contributed by atoms with van der Waals surface area (Å²) in [5.41, 5.74) is 4.78. The van der Waals surface area contributed by atoms with Gasteiger partial charge in [0.05, 0.1) is 12.6 Å². The highest BCUT2D eigenvalue weighted by Crippen LogP contribution is 2.40. The van der Waals surface area contributed by atoms with Crippen molar-refractivity contribution < 1.29 is 0 Å². The standard InChI is InChI=1S/C21H34N3/c1-16(2)23-11-9-18-13-20(7-6-19(18)15-23)24(12-4-5-17(24)3)21-8-10-22-14-21/h6-7,13,16-17,21-22H,4-5,8-12,14-15H2,1-3H3/q+1/t17-,21-,24?/m0/s1. The molecule has 0 amide bonds. The fourth-order valence-electron chi connectivity index (χ4n) is 5.53. The molecule has 3 heterocycles. The smallest absolute Gasteiger partial charge is 0.133 e. The first kappa shape index (κ1) is 16.6. The summed E-state index contributed by atoms with van der Waals surface area (Å²) >= 11 is 0. The van der Waals surface area contributed by atoms with Gasteiger partial charge in [0.25, 0.3) is 0 Å². The molecule has 132 valence electrons. The van der Waals surface area contributed by atoms with Crippen molar-refractivity contribution in [3.63, 3.8) is 0 Å². The maximum absolute atomic E-state index is 3.62. The van der Waals surface area contributed by atoms with Crippen LogP contribution in [-0.4, -0.2) is 49.2 Å². The Hall–Kier alpha value is -0.900. The zero-order valence-electron chi connectivity index (χ0n) is 15.7. The Labute approximate surface area is 147 Å². The fraction of sp³-hybridized carbons (Fsp3) is 0.714. The van der Waals surface area contributed by atoms with Crippen LogP contribution in [0.25, 0.3) is 0 Å². The van der Waals surface area contributed by atoms with Gasteiger partial charge in [-0.05, 0) is 44.4 Å². The second-order valence-corrected chi connectivity index (χ2v) is 8.56. The molecule has 1 N–H and O–H groups in total. The Morgan fingerprint density at radius 3 is 2.75 bits per heavy atom. The predicted octanol–water partition coefficient (Wildman–Crippen LogP) is 3.30. The zero-order valence-corrected chi connectivity index (χ0v) is 15.7. The fourth-order valence-corrected chi connectivity index (χ4v) is 5.53. The molecular formula is C21H34N3+. The number of nitrogens with zero attached hydrogens (tertiary/aromatic N) is 2. The van der Waals surface area contributed by atoms with E-state index in [1.54, 1.807) is 16.8 Å². The van der Waals surface area contributed by atoms with E-state index in [0.717, 1.165) is 18.6 Å². The molecule has 0 aromatic heterocycles. The van der Waals surface area contributed by atoms with Crippen molar-refractivity contribution in [2.24, 2.45) is 0 Å². The van der Waals surface area contributed by atoms with Crippen LogP contribution in [0, 0.1) is 0 Å². The molecule has 0 radical (unpaired) electrons. The van der Waals surface area contributed by atoms with Gasteiger partial charge in [-0.1, -0.05) is 6.07 Å². The van der Waals surface area contributed by atoms with Crippen molar-refractivity contribution in [3.05, 3.63) is 29.3 Å². The van der Waals surface area contributed by atoms with Crippen LogP contribution in [0.4, 0.5) is 5.69 Å².